The van der Waals surface area contributed by atoms with Crippen LogP contribution in [-0.2, 0) is 0 Å². The van der Waals surface area contributed by atoms with Crippen LogP contribution in [0.2, 0.25) is 0 Å². The van der Waals surface area contributed by atoms with E-state index < -0.39 is 0 Å². The van der Waals surface area contributed by atoms with Gasteiger partial charge in [-0.25, -0.2) is 0 Å². The van der Waals surface area contributed by atoms with Crippen LogP contribution in [0.5, 0.6) is 0 Å². The minimum absolute atomic E-state index is 0.896. The van der Waals surface area contributed by atoms with E-state index in [1.165, 1.54) is 11.1 Å². The minimum atomic E-state index is 0.896. The smallest absolute Gasteiger partial charge is 0.135 e. The third kappa shape index (κ3) is 3.95. The maximum atomic E-state index is 6.03. The SMILES string of the molecule is Cc1ccc2oc(-c3ccc(/C=C/c4ccc(-c5cc6cc(C)ccc6o5)cc4)cc3)cc2c1. The Morgan fingerprint density at radius 2 is 0.882 bits per heavy atom. The first-order valence-corrected chi connectivity index (χ1v) is 11.5. The average Bonchev–Trinajstić information content (AvgIpc) is 3.47. The van der Waals surface area contributed by atoms with Crippen molar-refractivity contribution in [3.63, 3.8) is 0 Å². The molecule has 0 N–H and O–H groups in total. The Kier molecular flexibility index (Phi) is 4.92. The highest BCUT2D eigenvalue weighted by Crippen LogP contribution is 2.30. The monoisotopic (exact) mass is 440 g/mol. The van der Waals surface area contributed by atoms with Crippen LogP contribution in [0.15, 0.2) is 106 Å². The number of rotatable bonds is 4. The van der Waals surface area contributed by atoms with Gasteiger partial charge in [0, 0.05) is 21.9 Å². The van der Waals surface area contributed by atoms with Crippen molar-refractivity contribution in [1.82, 2.24) is 0 Å². The number of aryl methyl sites for hydroxylation is 2. The molecule has 0 saturated carbocycles. The van der Waals surface area contributed by atoms with Crippen molar-refractivity contribution in [2.24, 2.45) is 0 Å². The van der Waals surface area contributed by atoms with Crippen molar-refractivity contribution in [2.45, 2.75) is 13.8 Å². The van der Waals surface area contributed by atoms with Gasteiger partial charge >= 0.3 is 0 Å². The lowest BCUT2D eigenvalue weighted by molar-refractivity contribution is 0.631. The molecule has 0 amide bonds. The van der Waals surface area contributed by atoms with Gasteiger partial charge in [-0.15, -0.1) is 0 Å². The average molecular weight is 441 g/mol. The molecule has 34 heavy (non-hydrogen) atoms. The van der Waals surface area contributed by atoms with Crippen LogP contribution in [0, 0.1) is 13.8 Å². The zero-order valence-corrected chi connectivity index (χ0v) is 19.2. The zero-order chi connectivity index (χ0) is 23.1. The van der Waals surface area contributed by atoms with Gasteiger partial charge in [-0.05, 0) is 61.4 Å². The van der Waals surface area contributed by atoms with E-state index in [0.29, 0.717) is 0 Å². The standard InChI is InChI=1S/C32H24O2/c1-21-3-15-29-27(17-21)19-31(33-29)25-11-7-23(8-12-25)5-6-24-9-13-26(14-10-24)32-20-28-18-22(2)4-16-30(28)34-32/h3-20H,1-2H3/b6-5+. The molecule has 0 aliphatic heterocycles. The van der Waals surface area contributed by atoms with Crippen LogP contribution < -0.4 is 0 Å². The summed E-state index contributed by atoms with van der Waals surface area (Å²) in [5, 5.41) is 2.28. The van der Waals surface area contributed by atoms with Crippen molar-refractivity contribution in [3.8, 4) is 22.6 Å². The van der Waals surface area contributed by atoms with Gasteiger partial charge in [0.2, 0.25) is 0 Å². The summed E-state index contributed by atoms with van der Waals surface area (Å²) >= 11 is 0. The Labute approximate surface area is 198 Å². The van der Waals surface area contributed by atoms with Crippen molar-refractivity contribution < 1.29 is 8.83 Å². The maximum Gasteiger partial charge on any atom is 0.135 e. The third-order valence-corrected chi connectivity index (χ3v) is 6.20. The van der Waals surface area contributed by atoms with E-state index in [1.807, 2.05) is 12.1 Å². The summed E-state index contributed by atoms with van der Waals surface area (Å²) < 4.78 is 12.1. The fourth-order valence-electron chi connectivity index (χ4n) is 4.32. The molecule has 2 heteroatoms. The number of furan rings is 2. The van der Waals surface area contributed by atoms with Gasteiger partial charge in [0.1, 0.15) is 22.7 Å². The van der Waals surface area contributed by atoms with Crippen molar-refractivity contribution in [3.05, 3.63) is 119 Å². The third-order valence-electron chi connectivity index (χ3n) is 6.20. The van der Waals surface area contributed by atoms with Gasteiger partial charge in [0.25, 0.3) is 0 Å². The summed E-state index contributed by atoms with van der Waals surface area (Å²) in [5.74, 6) is 1.79. The van der Waals surface area contributed by atoms with Gasteiger partial charge in [-0.1, -0.05) is 83.9 Å². The molecule has 0 unspecified atom stereocenters. The molecule has 0 aliphatic rings. The second kappa shape index (κ2) is 8.24. The molecule has 0 aliphatic carbocycles. The summed E-state index contributed by atoms with van der Waals surface area (Å²) in [4.78, 5) is 0. The molecule has 0 radical (unpaired) electrons. The highest BCUT2D eigenvalue weighted by Gasteiger charge is 2.07. The number of fused-ring (bicyclic) bond motifs is 2. The second-order valence-electron chi connectivity index (χ2n) is 8.88. The first-order chi connectivity index (χ1) is 16.6. The predicted octanol–water partition coefficient (Wildman–Crippen LogP) is 9.30. The molecule has 6 aromatic rings. The molecule has 2 heterocycles. The molecular weight excluding hydrogens is 416 g/mol. The maximum absolute atomic E-state index is 6.03. The van der Waals surface area contributed by atoms with E-state index in [9.17, 15) is 0 Å². The molecule has 0 atom stereocenters. The van der Waals surface area contributed by atoms with Crippen LogP contribution >= 0.6 is 0 Å². The van der Waals surface area contributed by atoms with Gasteiger partial charge in [0.05, 0.1) is 0 Å². The number of benzene rings is 4. The molecule has 0 bridgehead atoms. The lowest BCUT2D eigenvalue weighted by Crippen LogP contribution is -1.77. The summed E-state index contributed by atoms with van der Waals surface area (Å²) in [6.07, 6.45) is 4.26. The van der Waals surface area contributed by atoms with E-state index in [2.05, 4.69) is 111 Å². The van der Waals surface area contributed by atoms with Crippen LogP contribution in [0.1, 0.15) is 22.3 Å². The lowest BCUT2D eigenvalue weighted by Gasteiger charge is -2.00. The molecule has 164 valence electrons. The molecule has 0 spiro atoms. The lowest BCUT2D eigenvalue weighted by atomic mass is 10.1. The van der Waals surface area contributed by atoms with Gasteiger partial charge in [0.15, 0.2) is 0 Å². The molecular formula is C32H24O2. The summed E-state index contributed by atoms with van der Waals surface area (Å²) in [6, 6.07) is 33.7. The fraction of sp³-hybridized carbons (Fsp3) is 0.0625. The second-order valence-corrected chi connectivity index (χ2v) is 8.88. The van der Waals surface area contributed by atoms with Crippen molar-refractivity contribution >= 4 is 34.1 Å². The van der Waals surface area contributed by atoms with Crippen LogP contribution in [0.25, 0.3) is 56.7 Å². The van der Waals surface area contributed by atoms with Crippen LogP contribution in [0.3, 0.4) is 0 Å². The van der Waals surface area contributed by atoms with E-state index in [1.54, 1.807) is 0 Å². The Morgan fingerprint density at radius 1 is 0.471 bits per heavy atom. The van der Waals surface area contributed by atoms with Crippen molar-refractivity contribution in [1.29, 1.82) is 0 Å². The fourth-order valence-corrected chi connectivity index (χ4v) is 4.32. The van der Waals surface area contributed by atoms with Gasteiger partial charge < -0.3 is 8.83 Å². The number of hydrogen-bond acceptors (Lipinski definition) is 2. The quantitative estimate of drug-likeness (QED) is 0.255. The minimum Gasteiger partial charge on any atom is -0.456 e. The van der Waals surface area contributed by atoms with Gasteiger partial charge in [-0.3, -0.25) is 0 Å². The highest BCUT2D eigenvalue weighted by atomic mass is 16.3. The van der Waals surface area contributed by atoms with E-state index in [-0.39, 0.29) is 0 Å². The van der Waals surface area contributed by atoms with Crippen LogP contribution in [-0.4, -0.2) is 0 Å². The van der Waals surface area contributed by atoms with Gasteiger partial charge in [-0.2, -0.15) is 0 Å². The van der Waals surface area contributed by atoms with E-state index in [0.717, 1.165) is 55.7 Å². The van der Waals surface area contributed by atoms with Crippen LogP contribution in [0.4, 0.5) is 0 Å². The Balaban J connectivity index is 1.18. The topological polar surface area (TPSA) is 26.3 Å². The summed E-state index contributed by atoms with van der Waals surface area (Å²) in [5.41, 5.74) is 8.77. The summed E-state index contributed by atoms with van der Waals surface area (Å²) in [6.45, 7) is 4.20. The Morgan fingerprint density at radius 3 is 1.29 bits per heavy atom. The van der Waals surface area contributed by atoms with Crippen molar-refractivity contribution in [2.75, 3.05) is 0 Å². The highest BCUT2D eigenvalue weighted by molar-refractivity contribution is 5.85. The first-order valence-electron chi connectivity index (χ1n) is 11.5. The first kappa shape index (κ1) is 20.3. The normalized spacial score (nSPS) is 11.7. The molecule has 6 rings (SSSR count). The van der Waals surface area contributed by atoms with E-state index in [4.69, 9.17) is 8.83 Å². The molecule has 2 aromatic heterocycles. The zero-order valence-electron chi connectivity index (χ0n) is 19.2. The Hall–Kier alpha value is -4.30. The Bertz CT molecular complexity index is 1520. The predicted molar refractivity (Wildman–Crippen MR) is 142 cm³/mol. The largest absolute Gasteiger partial charge is 0.456 e. The molecule has 4 aromatic carbocycles. The molecule has 2 nitrogen and oxygen atoms in total. The summed E-state index contributed by atoms with van der Waals surface area (Å²) in [7, 11) is 0. The molecule has 0 saturated heterocycles. The van der Waals surface area contributed by atoms with E-state index >= 15 is 0 Å². The number of hydrogen-bond donors (Lipinski definition) is 0. The molecule has 0 fully saturated rings.